The lowest BCUT2D eigenvalue weighted by atomic mass is 10.1. The van der Waals surface area contributed by atoms with Crippen molar-refractivity contribution in [1.29, 1.82) is 0 Å². The smallest absolute Gasteiger partial charge is 0.128 e. The first-order valence-corrected chi connectivity index (χ1v) is 8.76. The summed E-state index contributed by atoms with van der Waals surface area (Å²) in [4.78, 5) is 4.73. The maximum absolute atomic E-state index is 13.9. The Morgan fingerprint density at radius 1 is 1.09 bits per heavy atom. The molecular weight excluding hydrogens is 361 g/mol. The standard InChI is InChI=1S/C18H15BrFNS/c1-11-4-3-5-15-12(2)8-17(21-18(11)15)22-10-13-6-7-14(19)9-16(13)20/h3-9H,10H2,1-2H3. The van der Waals surface area contributed by atoms with E-state index in [-0.39, 0.29) is 5.82 Å². The molecule has 112 valence electrons. The van der Waals surface area contributed by atoms with Gasteiger partial charge in [0.05, 0.1) is 10.5 Å². The Morgan fingerprint density at radius 3 is 2.68 bits per heavy atom. The molecule has 4 heteroatoms. The van der Waals surface area contributed by atoms with Crippen molar-refractivity contribution in [2.24, 2.45) is 0 Å². The summed E-state index contributed by atoms with van der Waals surface area (Å²) in [6.45, 7) is 4.16. The molecule has 1 nitrogen and oxygen atoms in total. The van der Waals surface area contributed by atoms with Gasteiger partial charge in [0.25, 0.3) is 0 Å². The molecule has 3 aromatic rings. The number of hydrogen-bond acceptors (Lipinski definition) is 2. The van der Waals surface area contributed by atoms with E-state index in [1.807, 2.05) is 12.1 Å². The third kappa shape index (κ3) is 3.18. The zero-order valence-corrected chi connectivity index (χ0v) is 14.8. The number of aromatic nitrogens is 1. The highest BCUT2D eigenvalue weighted by molar-refractivity contribution is 9.10. The first kappa shape index (κ1) is 15.5. The number of thioether (sulfide) groups is 1. The average molecular weight is 376 g/mol. The number of halogens is 2. The van der Waals surface area contributed by atoms with Gasteiger partial charge in [0.15, 0.2) is 0 Å². The quantitative estimate of drug-likeness (QED) is 0.517. The number of nitrogens with zero attached hydrogens (tertiary/aromatic N) is 1. The van der Waals surface area contributed by atoms with Crippen LogP contribution in [0.1, 0.15) is 16.7 Å². The summed E-state index contributed by atoms with van der Waals surface area (Å²) in [5, 5.41) is 2.11. The van der Waals surface area contributed by atoms with E-state index in [1.165, 1.54) is 17.0 Å². The molecule has 0 radical (unpaired) electrons. The van der Waals surface area contributed by atoms with E-state index in [4.69, 9.17) is 4.98 Å². The van der Waals surface area contributed by atoms with Gasteiger partial charge in [-0.05, 0) is 48.7 Å². The second-order valence-corrected chi connectivity index (χ2v) is 7.18. The zero-order valence-electron chi connectivity index (χ0n) is 12.4. The lowest BCUT2D eigenvalue weighted by Crippen LogP contribution is -1.92. The van der Waals surface area contributed by atoms with Gasteiger partial charge >= 0.3 is 0 Å². The lowest BCUT2D eigenvalue weighted by molar-refractivity contribution is 0.616. The summed E-state index contributed by atoms with van der Waals surface area (Å²) >= 11 is 4.84. The Labute approximate surface area is 142 Å². The Balaban J connectivity index is 1.89. The van der Waals surface area contributed by atoms with Crippen LogP contribution < -0.4 is 0 Å². The maximum Gasteiger partial charge on any atom is 0.128 e. The fourth-order valence-electron chi connectivity index (χ4n) is 2.40. The minimum Gasteiger partial charge on any atom is -0.241 e. The van der Waals surface area contributed by atoms with Crippen LogP contribution in [0.4, 0.5) is 4.39 Å². The highest BCUT2D eigenvalue weighted by atomic mass is 79.9. The van der Waals surface area contributed by atoms with E-state index in [2.05, 4.69) is 54.0 Å². The zero-order chi connectivity index (χ0) is 15.7. The summed E-state index contributed by atoms with van der Waals surface area (Å²) in [6, 6.07) is 13.5. The van der Waals surface area contributed by atoms with Crippen molar-refractivity contribution < 1.29 is 4.39 Å². The van der Waals surface area contributed by atoms with Crippen LogP contribution in [0.25, 0.3) is 10.9 Å². The molecule has 0 saturated heterocycles. The normalized spacial score (nSPS) is 11.1. The second-order valence-electron chi connectivity index (χ2n) is 5.27. The molecule has 1 heterocycles. The van der Waals surface area contributed by atoms with E-state index < -0.39 is 0 Å². The van der Waals surface area contributed by atoms with Gasteiger partial charge in [-0.15, -0.1) is 11.8 Å². The van der Waals surface area contributed by atoms with Crippen molar-refractivity contribution in [3.63, 3.8) is 0 Å². The van der Waals surface area contributed by atoms with Gasteiger partial charge in [0.2, 0.25) is 0 Å². The monoisotopic (exact) mass is 375 g/mol. The molecule has 0 spiro atoms. The number of pyridine rings is 1. The predicted molar refractivity (Wildman–Crippen MR) is 94.9 cm³/mol. The van der Waals surface area contributed by atoms with Gasteiger partial charge in [-0.25, -0.2) is 9.37 Å². The summed E-state index contributed by atoms with van der Waals surface area (Å²) in [5.74, 6) is 0.388. The lowest BCUT2D eigenvalue weighted by Gasteiger charge is -2.09. The molecule has 0 fully saturated rings. The molecule has 0 aliphatic carbocycles. The van der Waals surface area contributed by atoms with Gasteiger partial charge in [0, 0.05) is 15.6 Å². The Morgan fingerprint density at radius 2 is 1.91 bits per heavy atom. The summed E-state index contributed by atoms with van der Waals surface area (Å²) in [6.07, 6.45) is 0. The van der Waals surface area contributed by atoms with Crippen LogP contribution in [0.5, 0.6) is 0 Å². The highest BCUT2D eigenvalue weighted by Gasteiger charge is 2.08. The topological polar surface area (TPSA) is 12.9 Å². The summed E-state index contributed by atoms with van der Waals surface area (Å²) < 4.78 is 14.6. The Bertz CT molecular complexity index is 848. The minimum absolute atomic E-state index is 0.185. The summed E-state index contributed by atoms with van der Waals surface area (Å²) in [7, 11) is 0. The van der Waals surface area contributed by atoms with Gasteiger partial charge in [-0.1, -0.05) is 40.2 Å². The van der Waals surface area contributed by atoms with Crippen molar-refractivity contribution in [3.8, 4) is 0 Å². The molecule has 0 amide bonds. The number of benzene rings is 2. The van der Waals surface area contributed by atoms with Crippen LogP contribution in [0, 0.1) is 19.7 Å². The van der Waals surface area contributed by atoms with Gasteiger partial charge in [0.1, 0.15) is 5.82 Å². The van der Waals surface area contributed by atoms with Crippen LogP contribution in [-0.4, -0.2) is 4.98 Å². The predicted octanol–water partition coefficient (Wildman–Crippen LogP) is 6.05. The van der Waals surface area contributed by atoms with Gasteiger partial charge in [-0.2, -0.15) is 0 Å². The molecule has 0 unspecified atom stereocenters. The maximum atomic E-state index is 13.9. The van der Waals surface area contributed by atoms with E-state index >= 15 is 0 Å². The van der Waals surface area contributed by atoms with E-state index in [1.54, 1.807) is 11.8 Å². The van der Waals surface area contributed by atoms with Crippen molar-refractivity contribution in [2.45, 2.75) is 24.6 Å². The minimum atomic E-state index is -0.185. The van der Waals surface area contributed by atoms with Gasteiger partial charge < -0.3 is 0 Å². The van der Waals surface area contributed by atoms with E-state index in [0.717, 1.165) is 20.6 Å². The average Bonchev–Trinajstić information content (AvgIpc) is 2.47. The fourth-order valence-corrected chi connectivity index (χ4v) is 3.68. The molecule has 0 bridgehead atoms. The number of fused-ring (bicyclic) bond motifs is 1. The second kappa shape index (κ2) is 6.39. The molecule has 1 aromatic heterocycles. The van der Waals surface area contributed by atoms with E-state index in [0.29, 0.717) is 11.3 Å². The SMILES string of the molecule is Cc1cc(SCc2ccc(Br)cc2F)nc2c(C)cccc12. The van der Waals surface area contributed by atoms with Crippen molar-refractivity contribution in [2.75, 3.05) is 0 Å². The number of aryl methyl sites for hydroxylation is 2. The molecule has 0 aliphatic rings. The van der Waals surface area contributed by atoms with Crippen LogP contribution in [0.15, 0.2) is 52.0 Å². The number of hydrogen-bond donors (Lipinski definition) is 0. The van der Waals surface area contributed by atoms with Crippen molar-refractivity contribution >= 4 is 38.6 Å². The third-order valence-corrected chi connectivity index (χ3v) is 5.07. The first-order chi connectivity index (χ1) is 10.5. The van der Waals surface area contributed by atoms with Crippen LogP contribution in [0.3, 0.4) is 0 Å². The van der Waals surface area contributed by atoms with Crippen molar-refractivity contribution in [3.05, 3.63) is 69.4 Å². The molecule has 0 N–H and O–H groups in total. The van der Waals surface area contributed by atoms with Crippen LogP contribution in [-0.2, 0) is 5.75 Å². The van der Waals surface area contributed by atoms with Crippen molar-refractivity contribution in [1.82, 2.24) is 4.98 Å². The first-order valence-electron chi connectivity index (χ1n) is 6.98. The Kier molecular flexibility index (Phi) is 4.50. The number of para-hydroxylation sites is 1. The van der Waals surface area contributed by atoms with Crippen LogP contribution >= 0.6 is 27.7 Å². The van der Waals surface area contributed by atoms with Crippen LogP contribution in [0.2, 0.25) is 0 Å². The molecule has 2 aromatic carbocycles. The molecule has 0 aliphatic heterocycles. The Hall–Kier alpha value is -1.39. The largest absolute Gasteiger partial charge is 0.241 e. The highest BCUT2D eigenvalue weighted by Crippen LogP contribution is 2.28. The van der Waals surface area contributed by atoms with E-state index in [9.17, 15) is 4.39 Å². The number of rotatable bonds is 3. The molecule has 0 saturated carbocycles. The molecular formula is C18H15BrFNS. The summed E-state index contributed by atoms with van der Waals surface area (Å²) in [5.41, 5.74) is 4.09. The fraction of sp³-hybridized carbons (Fsp3) is 0.167. The third-order valence-electron chi connectivity index (χ3n) is 3.62. The molecule has 22 heavy (non-hydrogen) atoms. The molecule has 0 atom stereocenters. The van der Waals surface area contributed by atoms with Gasteiger partial charge in [-0.3, -0.25) is 0 Å². The molecule has 3 rings (SSSR count).